The summed E-state index contributed by atoms with van der Waals surface area (Å²) in [6.07, 6.45) is 5.17. The summed E-state index contributed by atoms with van der Waals surface area (Å²) in [6, 6.07) is 4.91. The van der Waals surface area contributed by atoms with Gasteiger partial charge >= 0.3 is 5.97 Å². The number of carbonyl (C=O) groups is 2. The van der Waals surface area contributed by atoms with E-state index in [1.54, 1.807) is 25.2 Å². The average molecular weight is 380 g/mol. The predicted octanol–water partition coefficient (Wildman–Crippen LogP) is 1.87. The molecule has 0 saturated heterocycles. The van der Waals surface area contributed by atoms with Crippen LogP contribution < -0.4 is 4.31 Å². The van der Waals surface area contributed by atoms with Gasteiger partial charge in [-0.25, -0.2) is 13.2 Å². The fraction of sp³-hybridized carbons (Fsp3) is 0.556. The molecule has 0 atom stereocenters. The van der Waals surface area contributed by atoms with Crippen molar-refractivity contribution in [2.75, 3.05) is 24.2 Å². The van der Waals surface area contributed by atoms with Crippen LogP contribution in [0.2, 0.25) is 0 Å². The third-order valence-corrected chi connectivity index (χ3v) is 6.79. The number of anilines is 1. The number of benzene rings is 1. The highest BCUT2D eigenvalue weighted by molar-refractivity contribution is 7.92. The number of amides is 1. The zero-order valence-electron chi connectivity index (χ0n) is 15.1. The first-order valence-electron chi connectivity index (χ1n) is 8.79. The van der Waals surface area contributed by atoms with Gasteiger partial charge in [-0.2, -0.15) is 0 Å². The van der Waals surface area contributed by atoms with E-state index < -0.39 is 21.5 Å². The average Bonchev–Trinajstić information content (AvgIpc) is 3.04. The minimum atomic E-state index is -3.34. The Kier molecular flexibility index (Phi) is 4.72. The first-order chi connectivity index (χ1) is 12.2. The van der Waals surface area contributed by atoms with E-state index in [1.807, 2.05) is 0 Å². The standard InChI is InChI=1S/C18H24N2O5S/c1-19(18(17(22)23)9-4-3-5-10-18)16(21)14-6-7-15-13(12-14)8-11-20(15)26(2,24)25/h6-7,12H,3-5,8-11H2,1-2H3,(H,22,23). The molecule has 2 aliphatic rings. The molecule has 1 aromatic carbocycles. The molecule has 0 unspecified atom stereocenters. The minimum absolute atomic E-state index is 0.338. The molecule has 1 saturated carbocycles. The zero-order chi connectivity index (χ0) is 19.1. The molecule has 1 amide bonds. The van der Waals surface area contributed by atoms with Crippen molar-refractivity contribution in [3.63, 3.8) is 0 Å². The van der Waals surface area contributed by atoms with Gasteiger partial charge < -0.3 is 10.0 Å². The Bertz CT molecular complexity index is 843. The van der Waals surface area contributed by atoms with Gasteiger partial charge in [0.1, 0.15) is 5.54 Å². The number of fused-ring (bicyclic) bond motifs is 1. The maximum Gasteiger partial charge on any atom is 0.329 e. The molecule has 1 aromatic rings. The van der Waals surface area contributed by atoms with Crippen LogP contribution in [-0.2, 0) is 21.2 Å². The number of hydrogen-bond acceptors (Lipinski definition) is 4. The Labute approximate surface area is 153 Å². The Balaban J connectivity index is 1.90. The van der Waals surface area contributed by atoms with Crippen LogP contribution in [0.15, 0.2) is 18.2 Å². The molecule has 142 valence electrons. The molecule has 1 N–H and O–H groups in total. The van der Waals surface area contributed by atoms with Crippen molar-refractivity contribution in [2.24, 2.45) is 0 Å². The number of carbonyl (C=O) groups excluding carboxylic acids is 1. The maximum atomic E-state index is 13.0. The number of sulfonamides is 1. The lowest BCUT2D eigenvalue weighted by molar-refractivity contribution is -0.151. The Morgan fingerprint density at radius 2 is 1.85 bits per heavy atom. The summed E-state index contributed by atoms with van der Waals surface area (Å²) < 4.78 is 25.0. The maximum absolute atomic E-state index is 13.0. The number of nitrogens with zero attached hydrogens (tertiary/aromatic N) is 2. The largest absolute Gasteiger partial charge is 0.479 e. The van der Waals surface area contributed by atoms with Crippen molar-refractivity contribution < 1.29 is 23.1 Å². The summed E-state index contributed by atoms with van der Waals surface area (Å²) in [5.74, 6) is -1.30. The summed E-state index contributed by atoms with van der Waals surface area (Å²) in [6.45, 7) is 0.362. The molecule has 0 radical (unpaired) electrons. The quantitative estimate of drug-likeness (QED) is 0.860. The van der Waals surface area contributed by atoms with Crippen LogP contribution in [0.4, 0.5) is 5.69 Å². The Hall–Kier alpha value is -2.09. The van der Waals surface area contributed by atoms with Gasteiger partial charge in [-0.05, 0) is 43.0 Å². The Morgan fingerprint density at radius 1 is 1.19 bits per heavy atom. The number of aliphatic carboxylic acids is 1. The van der Waals surface area contributed by atoms with Crippen molar-refractivity contribution in [1.82, 2.24) is 4.90 Å². The third kappa shape index (κ3) is 3.06. The van der Waals surface area contributed by atoms with Crippen molar-refractivity contribution in [3.05, 3.63) is 29.3 Å². The van der Waals surface area contributed by atoms with Gasteiger partial charge in [0.15, 0.2) is 0 Å². The highest BCUT2D eigenvalue weighted by atomic mass is 32.2. The van der Waals surface area contributed by atoms with E-state index in [0.29, 0.717) is 37.1 Å². The summed E-state index contributed by atoms with van der Waals surface area (Å²) in [7, 11) is -1.79. The lowest BCUT2D eigenvalue weighted by Gasteiger charge is -2.41. The van der Waals surface area contributed by atoms with E-state index in [4.69, 9.17) is 0 Å². The number of likely N-dealkylation sites (N-methyl/N-ethyl adjacent to an activating group) is 1. The zero-order valence-corrected chi connectivity index (χ0v) is 15.9. The molecule has 3 rings (SSSR count). The van der Waals surface area contributed by atoms with Crippen LogP contribution in [0.1, 0.15) is 48.0 Å². The SMILES string of the molecule is CN(C(=O)c1ccc2c(c1)CCN2S(C)(=O)=O)C1(C(=O)O)CCCCC1. The molecule has 0 spiro atoms. The molecule has 1 heterocycles. The van der Waals surface area contributed by atoms with Crippen LogP contribution in [-0.4, -0.2) is 55.7 Å². The second kappa shape index (κ2) is 6.57. The first kappa shape index (κ1) is 18.7. The van der Waals surface area contributed by atoms with E-state index in [-0.39, 0.29) is 5.91 Å². The second-order valence-corrected chi connectivity index (χ2v) is 9.10. The van der Waals surface area contributed by atoms with Gasteiger partial charge in [0, 0.05) is 19.2 Å². The molecule has 1 aliphatic heterocycles. The summed E-state index contributed by atoms with van der Waals surface area (Å²) >= 11 is 0. The predicted molar refractivity (Wildman–Crippen MR) is 97.9 cm³/mol. The van der Waals surface area contributed by atoms with Gasteiger partial charge in [0.25, 0.3) is 5.91 Å². The highest BCUT2D eigenvalue weighted by Gasteiger charge is 2.45. The Morgan fingerprint density at radius 3 is 2.42 bits per heavy atom. The molecule has 0 bridgehead atoms. The third-order valence-electron chi connectivity index (χ3n) is 5.61. The topological polar surface area (TPSA) is 95.0 Å². The number of rotatable bonds is 4. The molecular formula is C18H24N2O5S. The lowest BCUT2D eigenvalue weighted by Crippen LogP contribution is -2.56. The van der Waals surface area contributed by atoms with Crippen LogP contribution in [0.5, 0.6) is 0 Å². The van der Waals surface area contributed by atoms with E-state index in [0.717, 1.165) is 31.1 Å². The fourth-order valence-corrected chi connectivity index (χ4v) is 5.02. The normalized spacial score (nSPS) is 19.1. The summed E-state index contributed by atoms with van der Waals surface area (Å²) in [5.41, 5.74) is 0.625. The second-order valence-electron chi connectivity index (χ2n) is 7.19. The molecule has 8 heteroatoms. The van der Waals surface area contributed by atoms with Crippen molar-refractivity contribution >= 4 is 27.6 Å². The van der Waals surface area contributed by atoms with E-state index in [2.05, 4.69) is 0 Å². The number of hydrogen-bond donors (Lipinski definition) is 1. The molecule has 26 heavy (non-hydrogen) atoms. The molecule has 1 aliphatic carbocycles. The highest BCUT2D eigenvalue weighted by Crippen LogP contribution is 2.35. The molecular weight excluding hydrogens is 356 g/mol. The summed E-state index contributed by atoms with van der Waals surface area (Å²) in [5, 5.41) is 9.77. The lowest BCUT2D eigenvalue weighted by atomic mass is 9.80. The monoisotopic (exact) mass is 380 g/mol. The number of carboxylic acids is 1. The van der Waals surface area contributed by atoms with Crippen molar-refractivity contribution in [3.8, 4) is 0 Å². The number of carboxylic acid groups (broad SMARTS) is 1. The molecule has 0 aromatic heterocycles. The van der Waals surface area contributed by atoms with E-state index in [1.165, 1.54) is 9.21 Å². The fourth-order valence-electron chi connectivity index (χ4n) is 4.07. The van der Waals surface area contributed by atoms with E-state index in [9.17, 15) is 23.1 Å². The van der Waals surface area contributed by atoms with Gasteiger partial charge in [-0.1, -0.05) is 19.3 Å². The summed E-state index contributed by atoms with van der Waals surface area (Å²) in [4.78, 5) is 26.3. The first-order valence-corrected chi connectivity index (χ1v) is 10.6. The van der Waals surface area contributed by atoms with Crippen molar-refractivity contribution in [2.45, 2.75) is 44.1 Å². The minimum Gasteiger partial charge on any atom is -0.479 e. The van der Waals surface area contributed by atoms with Crippen LogP contribution in [0.3, 0.4) is 0 Å². The van der Waals surface area contributed by atoms with Crippen molar-refractivity contribution in [1.29, 1.82) is 0 Å². The van der Waals surface area contributed by atoms with Gasteiger partial charge in [0.05, 0.1) is 11.9 Å². The van der Waals surface area contributed by atoms with Gasteiger partial charge in [-0.3, -0.25) is 9.10 Å². The van der Waals surface area contributed by atoms with Crippen LogP contribution >= 0.6 is 0 Å². The van der Waals surface area contributed by atoms with E-state index >= 15 is 0 Å². The molecule has 7 nitrogen and oxygen atoms in total. The van der Waals surface area contributed by atoms with Gasteiger partial charge in [-0.15, -0.1) is 0 Å². The van der Waals surface area contributed by atoms with Crippen LogP contribution in [0, 0.1) is 0 Å². The van der Waals surface area contributed by atoms with Crippen LogP contribution in [0.25, 0.3) is 0 Å². The molecule has 1 fully saturated rings. The smallest absolute Gasteiger partial charge is 0.329 e. The van der Waals surface area contributed by atoms with Gasteiger partial charge in [0.2, 0.25) is 10.0 Å².